The molecule has 8 heteroatoms. The maximum atomic E-state index is 12.1. The molecule has 0 bridgehead atoms. The van der Waals surface area contributed by atoms with Crippen molar-refractivity contribution in [2.75, 3.05) is 0 Å². The van der Waals surface area contributed by atoms with Crippen molar-refractivity contribution in [3.63, 3.8) is 0 Å². The molecular weight excluding hydrogens is 332 g/mol. The molecule has 0 saturated carbocycles. The number of amides is 2. The van der Waals surface area contributed by atoms with Crippen LogP contribution in [-0.2, 0) is 11.3 Å². The minimum absolute atomic E-state index is 0.0148. The van der Waals surface area contributed by atoms with Crippen molar-refractivity contribution in [2.24, 2.45) is 11.7 Å². The van der Waals surface area contributed by atoms with Gasteiger partial charge in [-0.25, -0.2) is 0 Å². The summed E-state index contributed by atoms with van der Waals surface area (Å²) in [5.41, 5.74) is 6.32. The summed E-state index contributed by atoms with van der Waals surface area (Å²) < 4.78 is 0. The van der Waals surface area contributed by atoms with Crippen LogP contribution in [0.25, 0.3) is 11.4 Å². The molecule has 0 aliphatic carbocycles. The summed E-state index contributed by atoms with van der Waals surface area (Å²) in [5.74, 6) is 0.425. The Morgan fingerprint density at radius 2 is 1.85 bits per heavy atom. The minimum Gasteiger partial charge on any atom is -0.366 e. The van der Waals surface area contributed by atoms with Crippen molar-refractivity contribution < 1.29 is 9.59 Å². The Morgan fingerprint density at radius 1 is 1.15 bits per heavy atom. The number of rotatable bonds is 9. The zero-order valence-electron chi connectivity index (χ0n) is 15.5. The van der Waals surface area contributed by atoms with E-state index >= 15 is 0 Å². The highest BCUT2D eigenvalue weighted by atomic mass is 16.2. The second-order valence-electron chi connectivity index (χ2n) is 6.88. The Labute approximate surface area is 153 Å². The smallest absolute Gasteiger partial charge is 0.248 e. The first-order valence-electron chi connectivity index (χ1n) is 8.82. The minimum atomic E-state index is -0.493. The van der Waals surface area contributed by atoms with Crippen LogP contribution < -0.4 is 11.1 Å². The average Bonchev–Trinajstić information content (AvgIpc) is 3.02. The predicted molar refractivity (Wildman–Crippen MR) is 98.1 cm³/mol. The first kappa shape index (κ1) is 19.6. The molecule has 26 heavy (non-hydrogen) atoms. The van der Waals surface area contributed by atoms with Crippen molar-refractivity contribution >= 4 is 11.8 Å². The molecule has 3 N–H and O–H groups in total. The molecule has 8 nitrogen and oxygen atoms in total. The van der Waals surface area contributed by atoms with E-state index in [0.717, 1.165) is 19.3 Å². The van der Waals surface area contributed by atoms with E-state index in [1.165, 1.54) is 4.80 Å². The van der Waals surface area contributed by atoms with Gasteiger partial charge in [-0.05, 0) is 36.6 Å². The SMILES string of the molecule is CC(C)CCC[C@@H](C)NC(=O)Cn1nnc(-c2ccc(C(N)=O)cc2)n1. The molecule has 0 radical (unpaired) electrons. The van der Waals surface area contributed by atoms with Crippen LogP contribution in [0.4, 0.5) is 0 Å². The van der Waals surface area contributed by atoms with Crippen molar-refractivity contribution in [1.29, 1.82) is 0 Å². The Balaban J connectivity index is 1.87. The van der Waals surface area contributed by atoms with Gasteiger partial charge in [-0.15, -0.1) is 10.2 Å². The summed E-state index contributed by atoms with van der Waals surface area (Å²) in [6, 6.07) is 6.70. The zero-order valence-corrected chi connectivity index (χ0v) is 15.5. The number of hydrogen-bond acceptors (Lipinski definition) is 5. The normalized spacial score (nSPS) is 12.2. The van der Waals surface area contributed by atoms with Gasteiger partial charge in [-0.2, -0.15) is 4.80 Å². The van der Waals surface area contributed by atoms with E-state index < -0.39 is 5.91 Å². The topological polar surface area (TPSA) is 116 Å². The fourth-order valence-electron chi connectivity index (χ4n) is 2.56. The summed E-state index contributed by atoms with van der Waals surface area (Å²) in [5, 5.41) is 15.0. The number of carbonyl (C=O) groups excluding carboxylic acids is 2. The second-order valence-corrected chi connectivity index (χ2v) is 6.88. The predicted octanol–water partition coefficient (Wildman–Crippen LogP) is 1.77. The van der Waals surface area contributed by atoms with Crippen molar-refractivity contribution in [3.8, 4) is 11.4 Å². The van der Waals surface area contributed by atoms with Crippen LogP contribution in [0.15, 0.2) is 24.3 Å². The number of aromatic nitrogens is 4. The van der Waals surface area contributed by atoms with Gasteiger partial charge in [0.1, 0.15) is 6.54 Å². The van der Waals surface area contributed by atoms with Gasteiger partial charge < -0.3 is 11.1 Å². The lowest BCUT2D eigenvalue weighted by Crippen LogP contribution is -2.35. The molecule has 140 valence electrons. The highest BCUT2D eigenvalue weighted by Gasteiger charge is 2.12. The van der Waals surface area contributed by atoms with Crippen LogP contribution in [0.5, 0.6) is 0 Å². The molecule has 0 fully saturated rings. The maximum absolute atomic E-state index is 12.1. The van der Waals surface area contributed by atoms with Crippen LogP contribution >= 0.6 is 0 Å². The number of hydrogen-bond donors (Lipinski definition) is 2. The molecule has 0 aliphatic rings. The third-order valence-electron chi connectivity index (χ3n) is 3.99. The van der Waals surface area contributed by atoms with E-state index in [-0.39, 0.29) is 18.5 Å². The monoisotopic (exact) mass is 358 g/mol. The highest BCUT2D eigenvalue weighted by molar-refractivity contribution is 5.93. The molecule has 2 amide bonds. The summed E-state index contributed by atoms with van der Waals surface area (Å²) in [6.07, 6.45) is 3.20. The van der Waals surface area contributed by atoms with E-state index in [1.54, 1.807) is 24.3 Å². The third-order valence-corrected chi connectivity index (χ3v) is 3.99. The highest BCUT2D eigenvalue weighted by Crippen LogP contribution is 2.14. The van der Waals surface area contributed by atoms with Crippen molar-refractivity contribution in [3.05, 3.63) is 29.8 Å². The molecule has 2 rings (SSSR count). The summed E-state index contributed by atoms with van der Waals surface area (Å²) >= 11 is 0. The number of tetrazole rings is 1. The molecule has 1 atom stereocenters. The third kappa shape index (κ3) is 5.94. The second kappa shape index (κ2) is 9.07. The maximum Gasteiger partial charge on any atom is 0.248 e. The van der Waals surface area contributed by atoms with Crippen LogP contribution in [0.1, 0.15) is 50.4 Å². The first-order valence-corrected chi connectivity index (χ1v) is 8.82. The quantitative estimate of drug-likeness (QED) is 0.709. The Bertz CT molecular complexity index is 738. The van der Waals surface area contributed by atoms with Gasteiger partial charge >= 0.3 is 0 Å². The zero-order chi connectivity index (χ0) is 19.1. The molecule has 0 unspecified atom stereocenters. The molecule has 1 aromatic heterocycles. The number of benzene rings is 1. The van der Waals surface area contributed by atoms with E-state index in [4.69, 9.17) is 5.73 Å². The molecule has 0 spiro atoms. The van der Waals surface area contributed by atoms with Crippen LogP contribution in [0, 0.1) is 5.92 Å². The van der Waals surface area contributed by atoms with Crippen LogP contribution in [0.3, 0.4) is 0 Å². The lowest BCUT2D eigenvalue weighted by Gasteiger charge is -2.14. The molecule has 1 heterocycles. The number of nitrogens with zero attached hydrogens (tertiary/aromatic N) is 4. The molecular formula is C18H26N6O2. The van der Waals surface area contributed by atoms with Crippen LogP contribution in [0.2, 0.25) is 0 Å². The van der Waals surface area contributed by atoms with Crippen molar-refractivity contribution in [2.45, 2.75) is 52.6 Å². The van der Waals surface area contributed by atoms with Gasteiger partial charge in [0.2, 0.25) is 17.6 Å². The average molecular weight is 358 g/mol. The van der Waals surface area contributed by atoms with Gasteiger partial charge in [-0.1, -0.05) is 38.8 Å². The molecule has 0 saturated heterocycles. The molecule has 2 aromatic rings. The summed E-state index contributed by atoms with van der Waals surface area (Å²) in [6.45, 7) is 6.40. The molecule has 1 aromatic carbocycles. The van der Waals surface area contributed by atoms with Gasteiger partial charge in [0.25, 0.3) is 0 Å². The number of nitrogens with one attached hydrogen (secondary N) is 1. The first-order chi connectivity index (χ1) is 12.3. The molecule has 0 aliphatic heterocycles. The van der Waals surface area contributed by atoms with E-state index in [0.29, 0.717) is 22.9 Å². The van der Waals surface area contributed by atoms with E-state index in [1.807, 2.05) is 6.92 Å². The van der Waals surface area contributed by atoms with Gasteiger partial charge in [-0.3, -0.25) is 9.59 Å². The number of primary amides is 1. The number of carbonyl (C=O) groups is 2. The van der Waals surface area contributed by atoms with Crippen LogP contribution in [-0.4, -0.2) is 38.1 Å². The van der Waals surface area contributed by atoms with Crippen molar-refractivity contribution in [1.82, 2.24) is 25.5 Å². The fourth-order valence-corrected chi connectivity index (χ4v) is 2.56. The van der Waals surface area contributed by atoms with Gasteiger partial charge in [0.05, 0.1) is 0 Å². The Hall–Kier alpha value is -2.77. The summed E-state index contributed by atoms with van der Waals surface area (Å²) in [7, 11) is 0. The van der Waals surface area contributed by atoms with E-state index in [2.05, 4.69) is 34.6 Å². The summed E-state index contributed by atoms with van der Waals surface area (Å²) in [4.78, 5) is 24.4. The van der Waals surface area contributed by atoms with Gasteiger partial charge in [0, 0.05) is 17.2 Å². The largest absolute Gasteiger partial charge is 0.366 e. The Kier molecular flexibility index (Phi) is 6.82. The van der Waals surface area contributed by atoms with E-state index in [9.17, 15) is 9.59 Å². The number of nitrogens with two attached hydrogens (primary N) is 1. The fraction of sp³-hybridized carbons (Fsp3) is 0.500. The Morgan fingerprint density at radius 3 is 2.46 bits per heavy atom. The standard InChI is InChI=1S/C18H26N6O2/c1-12(2)5-4-6-13(3)20-16(25)11-24-22-18(21-23-24)15-9-7-14(8-10-15)17(19)26/h7-10,12-13H,4-6,11H2,1-3H3,(H2,19,26)(H,20,25)/t13-/m1/s1. The lowest BCUT2D eigenvalue weighted by molar-refractivity contribution is -0.122. The lowest BCUT2D eigenvalue weighted by atomic mass is 10.0. The van der Waals surface area contributed by atoms with Gasteiger partial charge in [0.15, 0.2) is 0 Å².